The number of carbonyl (C=O) groups excluding carboxylic acids is 1. The Morgan fingerprint density at radius 2 is 1.76 bits per heavy atom. The van der Waals surface area contributed by atoms with Crippen molar-refractivity contribution < 1.29 is 4.79 Å². The van der Waals surface area contributed by atoms with Gasteiger partial charge < -0.3 is 0 Å². The van der Waals surface area contributed by atoms with Crippen LogP contribution in [-0.4, -0.2) is 10.8 Å². The smallest absolute Gasteiger partial charge is 0.141 e. The topological polar surface area (TPSA) is 30.0 Å². The number of aromatic nitrogens is 1. The zero-order valence-corrected chi connectivity index (χ0v) is 10.9. The van der Waals surface area contributed by atoms with E-state index >= 15 is 0 Å². The number of Topliss-reactive ketones (excluding diaryl/α,β-unsaturated/α-hetero) is 1. The van der Waals surface area contributed by atoms with Crippen LogP contribution in [0.25, 0.3) is 0 Å². The van der Waals surface area contributed by atoms with Crippen LogP contribution >= 0.6 is 15.9 Å². The van der Waals surface area contributed by atoms with Gasteiger partial charge in [-0.2, -0.15) is 0 Å². The van der Waals surface area contributed by atoms with E-state index < -0.39 is 0 Å². The highest BCUT2D eigenvalue weighted by atomic mass is 79.9. The minimum Gasteiger partial charge on any atom is -0.299 e. The van der Waals surface area contributed by atoms with Gasteiger partial charge in [-0.05, 0) is 39.2 Å². The van der Waals surface area contributed by atoms with Crippen LogP contribution < -0.4 is 0 Å². The van der Waals surface area contributed by atoms with Crippen molar-refractivity contribution in [1.82, 2.24) is 4.98 Å². The summed E-state index contributed by atoms with van der Waals surface area (Å²) in [6.45, 7) is 0. The van der Waals surface area contributed by atoms with E-state index in [0.717, 1.165) is 15.7 Å². The monoisotopic (exact) mass is 289 g/mol. The summed E-state index contributed by atoms with van der Waals surface area (Å²) in [5.74, 6) is 0.217. The lowest BCUT2D eigenvalue weighted by molar-refractivity contribution is -0.117. The highest BCUT2D eigenvalue weighted by Gasteiger charge is 2.05. The standard InChI is InChI=1S/C14H12BrNO/c15-14-10-12(6-7-16-14)9-13(17)8-11-4-2-1-3-5-11/h1-7,10H,8-9H2. The van der Waals surface area contributed by atoms with E-state index in [1.165, 1.54) is 0 Å². The summed E-state index contributed by atoms with van der Waals surface area (Å²) in [5, 5.41) is 0. The Labute approximate surface area is 109 Å². The molecule has 1 aromatic heterocycles. The number of benzene rings is 1. The zero-order chi connectivity index (χ0) is 12.1. The summed E-state index contributed by atoms with van der Waals surface area (Å²) in [6, 6.07) is 13.5. The Hall–Kier alpha value is -1.48. The normalized spacial score (nSPS) is 10.2. The SMILES string of the molecule is O=C(Cc1ccccc1)Cc1ccnc(Br)c1. The Kier molecular flexibility index (Phi) is 4.04. The van der Waals surface area contributed by atoms with Crippen LogP contribution in [0, 0.1) is 0 Å². The molecule has 0 aliphatic carbocycles. The van der Waals surface area contributed by atoms with Gasteiger partial charge in [-0.1, -0.05) is 30.3 Å². The van der Waals surface area contributed by atoms with Gasteiger partial charge in [0.25, 0.3) is 0 Å². The molecule has 0 unspecified atom stereocenters. The summed E-state index contributed by atoms with van der Waals surface area (Å²) in [4.78, 5) is 15.9. The molecule has 0 fully saturated rings. The van der Waals surface area contributed by atoms with Crippen molar-refractivity contribution in [2.24, 2.45) is 0 Å². The molecule has 0 radical (unpaired) electrons. The molecule has 86 valence electrons. The van der Waals surface area contributed by atoms with Gasteiger partial charge in [0, 0.05) is 19.0 Å². The maximum absolute atomic E-state index is 11.9. The first-order chi connectivity index (χ1) is 8.24. The fourth-order valence-electron chi connectivity index (χ4n) is 1.67. The summed E-state index contributed by atoms with van der Waals surface area (Å²) in [7, 11) is 0. The van der Waals surface area contributed by atoms with Crippen molar-refractivity contribution in [3.63, 3.8) is 0 Å². The number of hydrogen-bond acceptors (Lipinski definition) is 2. The number of carbonyl (C=O) groups is 1. The first-order valence-electron chi connectivity index (χ1n) is 5.40. The second-order valence-electron chi connectivity index (χ2n) is 3.86. The van der Waals surface area contributed by atoms with Crippen LogP contribution in [0.3, 0.4) is 0 Å². The minimum absolute atomic E-state index is 0.217. The van der Waals surface area contributed by atoms with Crippen molar-refractivity contribution in [3.8, 4) is 0 Å². The third kappa shape index (κ3) is 3.79. The zero-order valence-electron chi connectivity index (χ0n) is 9.27. The first kappa shape index (κ1) is 12.0. The van der Waals surface area contributed by atoms with Crippen LogP contribution in [0.2, 0.25) is 0 Å². The fraction of sp³-hybridized carbons (Fsp3) is 0.143. The van der Waals surface area contributed by atoms with E-state index in [1.54, 1.807) is 6.20 Å². The molecule has 0 spiro atoms. The number of ketones is 1. The van der Waals surface area contributed by atoms with E-state index in [2.05, 4.69) is 20.9 Å². The Bertz CT molecular complexity index is 511. The summed E-state index contributed by atoms with van der Waals surface area (Å²) < 4.78 is 0.766. The lowest BCUT2D eigenvalue weighted by Crippen LogP contribution is -2.06. The molecule has 1 heterocycles. The molecular formula is C14H12BrNO. The number of pyridine rings is 1. The van der Waals surface area contributed by atoms with Crippen LogP contribution in [0.4, 0.5) is 0 Å². The van der Waals surface area contributed by atoms with Crippen molar-refractivity contribution in [3.05, 3.63) is 64.4 Å². The van der Waals surface area contributed by atoms with Gasteiger partial charge >= 0.3 is 0 Å². The van der Waals surface area contributed by atoms with E-state index in [4.69, 9.17) is 0 Å². The number of rotatable bonds is 4. The molecule has 0 aliphatic rings. The largest absolute Gasteiger partial charge is 0.299 e. The molecule has 0 amide bonds. The second-order valence-corrected chi connectivity index (χ2v) is 4.68. The molecular weight excluding hydrogens is 278 g/mol. The van der Waals surface area contributed by atoms with Gasteiger partial charge in [-0.3, -0.25) is 4.79 Å². The van der Waals surface area contributed by atoms with E-state index in [-0.39, 0.29) is 5.78 Å². The molecule has 0 saturated heterocycles. The Morgan fingerprint density at radius 3 is 2.47 bits per heavy atom. The average Bonchev–Trinajstić information content (AvgIpc) is 2.30. The molecule has 1 aromatic carbocycles. The third-order valence-electron chi connectivity index (χ3n) is 2.44. The predicted octanol–water partition coefficient (Wildman–Crippen LogP) is 3.20. The quantitative estimate of drug-likeness (QED) is 0.809. The van der Waals surface area contributed by atoms with Gasteiger partial charge in [0.1, 0.15) is 10.4 Å². The van der Waals surface area contributed by atoms with Gasteiger partial charge in [-0.15, -0.1) is 0 Å². The lowest BCUT2D eigenvalue weighted by Gasteiger charge is -2.02. The predicted molar refractivity (Wildman–Crippen MR) is 70.8 cm³/mol. The van der Waals surface area contributed by atoms with E-state index in [9.17, 15) is 4.79 Å². The molecule has 3 heteroatoms. The fourth-order valence-corrected chi connectivity index (χ4v) is 2.08. The molecule has 0 bridgehead atoms. The Morgan fingerprint density at radius 1 is 1.06 bits per heavy atom. The first-order valence-corrected chi connectivity index (χ1v) is 6.19. The second kappa shape index (κ2) is 5.73. The highest BCUT2D eigenvalue weighted by molar-refractivity contribution is 9.10. The average molecular weight is 290 g/mol. The third-order valence-corrected chi connectivity index (χ3v) is 2.87. The number of halogens is 1. The molecule has 2 nitrogen and oxygen atoms in total. The molecule has 0 N–H and O–H groups in total. The molecule has 0 saturated carbocycles. The van der Waals surface area contributed by atoms with Crippen molar-refractivity contribution in [1.29, 1.82) is 0 Å². The lowest BCUT2D eigenvalue weighted by atomic mass is 10.0. The maximum atomic E-state index is 11.9. The minimum atomic E-state index is 0.217. The van der Waals surface area contributed by atoms with E-state index in [1.807, 2.05) is 42.5 Å². The van der Waals surface area contributed by atoms with Gasteiger partial charge in [0.15, 0.2) is 0 Å². The van der Waals surface area contributed by atoms with Crippen molar-refractivity contribution in [2.75, 3.05) is 0 Å². The highest BCUT2D eigenvalue weighted by Crippen LogP contribution is 2.10. The number of nitrogens with zero attached hydrogens (tertiary/aromatic N) is 1. The molecule has 2 rings (SSSR count). The van der Waals surface area contributed by atoms with Crippen molar-refractivity contribution in [2.45, 2.75) is 12.8 Å². The van der Waals surface area contributed by atoms with Crippen molar-refractivity contribution >= 4 is 21.7 Å². The molecule has 2 aromatic rings. The van der Waals surface area contributed by atoms with Crippen LogP contribution in [-0.2, 0) is 17.6 Å². The number of hydrogen-bond donors (Lipinski definition) is 0. The molecule has 0 atom stereocenters. The van der Waals surface area contributed by atoms with Crippen LogP contribution in [0.5, 0.6) is 0 Å². The van der Waals surface area contributed by atoms with Crippen LogP contribution in [0.1, 0.15) is 11.1 Å². The molecule has 17 heavy (non-hydrogen) atoms. The van der Waals surface area contributed by atoms with E-state index in [0.29, 0.717) is 12.8 Å². The summed E-state index contributed by atoms with van der Waals surface area (Å²) >= 11 is 3.30. The van der Waals surface area contributed by atoms with Gasteiger partial charge in [-0.25, -0.2) is 4.98 Å². The van der Waals surface area contributed by atoms with Gasteiger partial charge in [0.2, 0.25) is 0 Å². The summed E-state index contributed by atoms with van der Waals surface area (Å²) in [6.07, 6.45) is 2.64. The Balaban J connectivity index is 1.98. The van der Waals surface area contributed by atoms with Crippen LogP contribution in [0.15, 0.2) is 53.3 Å². The summed E-state index contributed by atoms with van der Waals surface area (Å²) in [5.41, 5.74) is 2.05. The molecule has 0 aliphatic heterocycles. The van der Waals surface area contributed by atoms with Gasteiger partial charge in [0.05, 0.1) is 0 Å². The maximum Gasteiger partial charge on any atom is 0.141 e.